The van der Waals surface area contributed by atoms with Gasteiger partial charge >= 0.3 is 0 Å². The van der Waals surface area contributed by atoms with E-state index < -0.39 is 0 Å². The fourth-order valence-corrected chi connectivity index (χ4v) is 3.71. The van der Waals surface area contributed by atoms with E-state index in [0.29, 0.717) is 0 Å². The Morgan fingerprint density at radius 2 is 1.19 bits per heavy atom. The van der Waals surface area contributed by atoms with Crippen LogP contribution in [0.15, 0.2) is 46.9 Å². The fourth-order valence-electron chi connectivity index (χ4n) is 2.80. The SMILES string of the molecule is Cc1nc2ccc(I)cn2c1/C=N/N=C/c1c(C)nc2ccc(I)cn12.O. The second kappa shape index (κ2) is 8.02. The van der Waals surface area contributed by atoms with E-state index in [1.807, 2.05) is 59.3 Å². The first-order valence-corrected chi connectivity index (χ1v) is 10.0. The summed E-state index contributed by atoms with van der Waals surface area (Å²) in [6.45, 7) is 3.95. The Bertz CT molecular complexity index is 1100. The highest BCUT2D eigenvalue weighted by molar-refractivity contribution is 14.1. The zero-order valence-corrected chi connectivity index (χ0v) is 18.9. The van der Waals surface area contributed by atoms with Crippen LogP contribution in [0.5, 0.6) is 0 Å². The standard InChI is InChI=1S/C18H14I2N6.H2O/c1-11-15(25-9-13(19)3-5-17(25)23-11)7-21-22-8-16-12(2)24-18-6-4-14(20)10-26(16)18;/h3-10H,1-2H3;1H2/b21-7+,22-8+;. The highest BCUT2D eigenvalue weighted by atomic mass is 127. The zero-order valence-electron chi connectivity index (χ0n) is 14.6. The van der Waals surface area contributed by atoms with Crippen LogP contribution in [0.25, 0.3) is 11.3 Å². The summed E-state index contributed by atoms with van der Waals surface area (Å²) < 4.78 is 6.33. The van der Waals surface area contributed by atoms with Crippen molar-refractivity contribution in [2.24, 2.45) is 10.2 Å². The molecule has 0 unspecified atom stereocenters. The van der Waals surface area contributed by atoms with Crippen LogP contribution >= 0.6 is 45.2 Å². The second-order valence-electron chi connectivity index (χ2n) is 5.81. The molecule has 4 heterocycles. The van der Waals surface area contributed by atoms with Gasteiger partial charge in [-0.15, -0.1) is 0 Å². The van der Waals surface area contributed by atoms with Crippen molar-refractivity contribution in [3.05, 3.63) is 66.6 Å². The maximum Gasteiger partial charge on any atom is 0.137 e. The van der Waals surface area contributed by atoms with Crippen LogP contribution in [0, 0.1) is 21.0 Å². The number of imidazole rings is 2. The van der Waals surface area contributed by atoms with Crippen molar-refractivity contribution in [1.82, 2.24) is 18.8 Å². The van der Waals surface area contributed by atoms with E-state index in [9.17, 15) is 0 Å². The molecule has 0 spiro atoms. The third-order valence-corrected chi connectivity index (χ3v) is 5.31. The number of halogens is 2. The number of hydrogen-bond donors (Lipinski definition) is 0. The number of hydrogen-bond acceptors (Lipinski definition) is 4. The zero-order chi connectivity index (χ0) is 18.3. The predicted octanol–water partition coefficient (Wildman–Crippen LogP) is 3.44. The molecule has 9 heteroatoms. The van der Waals surface area contributed by atoms with Gasteiger partial charge in [0.15, 0.2) is 0 Å². The average Bonchev–Trinajstić information content (AvgIpc) is 3.08. The molecule has 0 aliphatic rings. The molecule has 138 valence electrons. The molecule has 0 saturated heterocycles. The largest absolute Gasteiger partial charge is 0.412 e. The summed E-state index contributed by atoms with van der Waals surface area (Å²) >= 11 is 4.57. The third kappa shape index (κ3) is 3.89. The molecular formula is C18H16I2N6O. The molecule has 0 amide bonds. The number of aryl methyl sites for hydroxylation is 2. The lowest BCUT2D eigenvalue weighted by atomic mass is 10.3. The normalized spacial score (nSPS) is 11.9. The van der Waals surface area contributed by atoms with E-state index in [4.69, 9.17) is 0 Å². The first-order chi connectivity index (χ1) is 12.5. The number of rotatable bonds is 3. The Hall–Kier alpha value is -1.86. The van der Waals surface area contributed by atoms with Crippen LogP contribution in [0.3, 0.4) is 0 Å². The van der Waals surface area contributed by atoms with Crippen molar-refractivity contribution >= 4 is 68.9 Å². The third-order valence-electron chi connectivity index (χ3n) is 4.03. The summed E-state index contributed by atoms with van der Waals surface area (Å²) in [5, 5.41) is 8.48. The van der Waals surface area contributed by atoms with Crippen LogP contribution in [-0.2, 0) is 0 Å². The molecule has 0 aromatic carbocycles. The summed E-state index contributed by atoms with van der Waals surface area (Å²) in [6, 6.07) is 8.07. The maximum atomic E-state index is 4.55. The lowest BCUT2D eigenvalue weighted by Gasteiger charge is -1.98. The molecule has 0 bridgehead atoms. The lowest BCUT2D eigenvalue weighted by molar-refractivity contribution is 0.824. The summed E-state index contributed by atoms with van der Waals surface area (Å²) in [5.41, 5.74) is 5.51. The molecule has 0 radical (unpaired) electrons. The topological polar surface area (TPSA) is 90.8 Å². The Morgan fingerprint density at radius 1 is 0.778 bits per heavy atom. The van der Waals surface area contributed by atoms with Gasteiger partial charge in [0.1, 0.15) is 11.3 Å². The highest BCUT2D eigenvalue weighted by Crippen LogP contribution is 2.14. The molecule has 7 nitrogen and oxygen atoms in total. The summed E-state index contributed by atoms with van der Waals surface area (Å²) in [5.74, 6) is 0. The fraction of sp³-hybridized carbons (Fsp3) is 0.111. The molecule has 27 heavy (non-hydrogen) atoms. The van der Waals surface area contributed by atoms with Crippen molar-refractivity contribution in [1.29, 1.82) is 0 Å². The van der Waals surface area contributed by atoms with E-state index in [-0.39, 0.29) is 5.48 Å². The van der Waals surface area contributed by atoms with Crippen LogP contribution in [0.2, 0.25) is 0 Å². The minimum Gasteiger partial charge on any atom is -0.412 e. The first-order valence-electron chi connectivity index (χ1n) is 7.88. The summed E-state index contributed by atoms with van der Waals surface area (Å²) in [7, 11) is 0. The Kier molecular flexibility index (Phi) is 5.91. The van der Waals surface area contributed by atoms with Crippen molar-refractivity contribution in [2.75, 3.05) is 0 Å². The van der Waals surface area contributed by atoms with Gasteiger partial charge in [-0.1, -0.05) is 0 Å². The number of aromatic nitrogens is 4. The monoisotopic (exact) mass is 586 g/mol. The van der Waals surface area contributed by atoms with Gasteiger partial charge in [-0.3, -0.25) is 8.80 Å². The summed E-state index contributed by atoms with van der Waals surface area (Å²) in [6.07, 6.45) is 7.56. The number of nitrogens with zero attached hydrogens (tertiary/aromatic N) is 6. The first kappa shape index (κ1) is 19.9. The van der Waals surface area contributed by atoms with Crippen LogP contribution in [-0.4, -0.2) is 36.7 Å². The van der Waals surface area contributed by atoms with Crippen LogP contribution in [0.1, 0.15) is 22.8 Å². The van der Waals surface area contributed by atoms with Gasteiger partial charge in [0.25, 0.3) is 0 Å². The lowest BCUT2D eigenvalue weighted by Crippen LogP contribution is -1.95. The molecule has 0 aliphatic carbocycles. The Labute approximate surface area is 182 Å². The maximum absolute atomic E-state index is 4.55. The molecule has 4 aromatic heterocycles. The second-order valence-corrected chi connectivity index (χ2v) is 8.30. The number of pyridine rings is 2. The quantitative estimate of drug-likeness (QED) is 0.209. The van der Waals surface area contributed by atoms with E-state index in [0.717, 1.165) is 41.2 Å². The van der Waals surface area contributed by atoms with Gasteiger partial charge in [-0.05, 0) is 83.3 Å². The minimum atomic E-state index is 0. The number of fused-ring (bicyclic) bond motifs is 2. The van der Waals surface area contributed by atoms with E-state index in [1.54, 1.807) is 12.4 Å². The molecule has 0 atom stereocenters. The highest BCUT2D eigenvalue weighted by Gasteiger charge is 2.08. The molecule has 0 saturated carbocycles. The Morgan fingerprint density at radius 3 is 1.59 bits per heavy atom. The van der Waals surface area contributed by atoms with Crippen LogP contribution < -0.4 is 0 Å². The van der Waals surface area contributed by atoms with Crippen molar-refractivity contribution in [3.8, 4) is 0 Å². The van der Waals surface area contributed by atoms with Crippen molar-refractivity contribution in [3.63, 3.8) is 0 Å². The average molecular weight is 586 g/mol. The van der Waals surface area contributed by atoms with Crippen molar-refractivity contribution in [2.45, 2.75) is 13.8 Å². The Balaban J connectivity index is 0.00000210. The van der Waals surface area contributed by atoms with Gasteiger partial charge in [0.2, 0.25) is 0 Å². The van der Waals surface area contributed by atoms with Gasteiger partial charge in [-0.2, -0.15) is 10.2 Å². The van der Waals surface area contributed by atoms with E-state index >= 15 is 0 Å². The summed E-state index contributed by atoms with van der Waals surface area (Å²) in [4.78, 5) is 9.10. The van der Waals surface area contributed by atoms with Gasteiger partial charge in [0.05, 0.1) is 35.2 Å². The van der Waals surface area contributed by atoms with Crippen molar-refractivity contribution < 1.29 is 5.48 Å². The van der Waals surface area contributed by atoms with Gasteiger partial charge in [0, 0.05) is 19.5 Å². The molecule has 2 N–H and O–H groups in total. The van der Waals surface area contributed by atoms with E-state index in [1.165, 1.54) is 0 Å². The predicted molar refractivity (Wildman–Crippen MR) is 124 cm³/mol. The minimum absolute atomic E-state index is 0. The van der Waals surface area contributed by atoms with E-state index in [2.05, 4.69) is 65.4 Å². The molecule has 4 aromatic rings. The van der Waals surface area contributed by atoms with Gasteiger partial charge in [-0.25, -0.2) is 9.97 Å². The molecular weight excluding hydrogens is 570 g/mol. The van der Waals surface area contributed by atoms with Gasteiger partial charge < -0.3 is 5.48 Å². The molecule has 0 aliphatic heterocycles. The van der Waals surface area contributed by atoms with Crippen LogP contribution in [0.4, 0.5) is 0 Å². The molecule has 4 rings (SSSR count). The molecule has 0 fully saturated rings. The smallest absolute Gasteiger partial charge is 0.137 e.